The summed E-state index contributed by atoms with van der Waals surface area (Å²) in [6.07, 6.45) is 0.886. The average molecular weight is 429 g/mol. The highest BCUT2D eigenvalue weighted by Gasteiger charge is 2.54. The number of benzene rings is 2. The van der Waals surface area contributed by atoms with Crippen LogP contribution in [-0.2, 0) is 22.6 Å². The van der Waals surface area contributed by atoms with Crippen LogP contribution in [-0.4, -0.2) is 33.9 Å². The highest BCUT2D eigenvalue weighted by atomic mass is 16.4. The van der Waals surface area contributed by atoms with E-state index in [1.54, 1.807) is 12.1 Å². The molecule has 2 atom stereocenters. The molecule has 1 fully saturated rings. The van der Waals surface area contributed by atoms with E-state index in [2.05, 4.69) is 22.2 Å². The SMILES string of the molecule is CCc1ccc(N2C(=O)[C@@H]3[C@@H](N=NN3Cc3nc(-c4ccc(C)cc4)oc3C)C2=O)cc1. The Hall–Kier alpha value is -3.81. The predicted molar refractivity (Wildman–Crippen MR) is 118 cm³/mol. The molecular weight excluding hydrogens is 406 g/mol. The Kier molecular flexibility index (Phi) is 4.84. The number of hydrogen-bond donors (Lipinski definition) is 0. The molecule has 3 heterocycles. The Morgan fingerprint density at radius 1 is 0.969 bits per heavy atom. The molecule has 2 aliphatic heterocycles. The van der Waals surface area contributed by atoms with Gasteiger partial charge in [-0.3, -0.25) is 14.6 Å². The first-order chi connectivity index (χ1) is 15.5. The van der Waals surface area contributed by atoms with E-state index in [9.17, 15) is 9.59 Å². The lowest BCUT2D eigenvalue weighted by Crippen LogP contribution is -2.39. The van der Waals surface area contributed by atoms with Crippen molar-refractivity contribution in [2.45, 2.75) is 45.8 Å². The Bertz CT molecular complexity index is 1210. The summed E-state index contributed by atoms with van der Waals surface area (Å²) >= 11 is 0. The minimum absolute atomic E-state index is 0.230. The molecule has 0 spiro atoms. The first-order valence-corrected chi connectivity index (χ1v) is 10.6. The first kappa shape index (κ1) is 20.1. The van der Waals surface area contributed by atoms with Crippen LogP contribution in [0.3, 0.4) is 0 Å². The Morgan fingerprint density at radius 2 is 1.69 bits per heavy atom. The number of carbonyl (C=O) groups is 2. The third kappa shape index (κ3) is 3.28. The zero-order chi connectivity index (χ0) is 22.4. The maximum absolute atomic E-state index is 13.2. The van der Waals surface area contributed by atoms with Gasteiger partial charge in [0.2, 0.25) is 5.89 Å². The zero-order valence-electron chi connectivity index (χ0n) is 18.1. The van der Waals surface area contributed by atoms with Gasteiger partial charge in [-0.2, -0.15) is 5.11 Å². The summed E-state index contributed by atoms with van der Waals surface area (Å²) in [6.45, 7) is 6.13. The molecule has 2 amide bonds. The van der Waals surface area contributed by atoms with Gasteiger partial charge in [0.05, 0.1) is 12.2 Å². The fraction of sp³-hybridized carbons (Fsp3) is 0.292. The normalized spacial score (nSPS) is 19.8. The van der Waals surface area contributed by atoms with Crippen LogP contribution >= 0.6 is 0 Å². The molecule has 0 unspecified atom stereocenters. The number of hydrogen-bond acceptors (Lipinski definition) is 7. The molecule has 1 aromatic heterocycles. The fourth-order valence-corrected chi connectivity index (χ4v) is 4.04. The number of oxazole rings is 1. The molecule has 5 rings (SSSR count). The van der Waals surface area contributed by atoms with Crippen molar-refractivity contribution < 1.29 is 14.0 Å². The molecule has 8 heteroatoms. The summed E-state index contributed by atoms with van der Waals surface area (Å²) in [7, 11) is 0. The van der Waals surface area contributed by atoms with Crippen LogP contribution in [0.5, 0.6) is 0 Å². The average Bonchev–Trinajstić information content (AvgIpc) is 3.45. The number of aryl methyl sites for hydroxylation is 3. The first-order valence-electron chi connectivity index (χ1n) is 10.6. The lowest BCUT2D eigenvalue weighted by atomic mass is 10.1. The van der Waals surface area contributed by atoms with Gasteiger partial charge in [-0.1, -0.05) is 42.0 Å². The summed E-state index contributed by atoms with van der Waals surface area (Å²) in [6, 6.07) is 13.7. The van der Waals surface area contributed by atoms with Gasteiger partial charge in [0.25, 0.3) is 11.8 Å². The second-order valence-corrected chi connectivity index (χ2v) is 8.11. The number of amides is 2. The quantitative estimate of drug-likeness (QED) is 0.572. The summed E-state index contributed by atoms with van der Waals surface area (Å²) < 4.78 is 5.85. The van der Waals surface area contributed by atoms with Gasteiger partial charge < -0.3 is 4.42 Å². The van der Waals surface area contributed by atoms with Crippen molar-refractivity contribution in [2.24, 2.45) is 10.3 Å². The van der Waals surface area contributed by atoms with Crippen molar-refractivity contribution >= 4 is 17.5 Å². The second kappa shape index (κ2) is 7.71. The number of imide groups is 1. The third-order valence-corrected chi connectivity index (χ3v) is 5.96. The van der Waals surface area contributed by atoms with Crippen molar-refractivity contribution in [3.63, 3.8) is 0 Å². The van der Waals surface area contributed by atoms with Crippen LogP contribution in [0, 0.1) is 13.8 Å². The van der Waals surface area contributed by atoms with E-state index in [-0.39, 0.29) is 18.4 Å². The van der Waals surface area contributed by atoms with Gasteiger partial charge in [0, 0.05) is 5.56 Å². The number of aromatic nitrogens is 1. The van der Waals surface area contributed by atoms with E-state index >= 15 is 0 Å². The van der Waals surface area contributed by atoms with Crippen LogP contribution in [0.1, 0.15) is 29.5 Å². The van der Waals surface area contributed by atoms with Gasteiger partial charge in [-0.15, -0.1) is 0 Å². The Morgan fingerprint density at radius 3 is 2.38 bits per heavy atom. The highest BCUT2D eigenvalue weighted by Crippen LogP contribution is 2.33. The fourth-order valence-electron chi connectivity index (χ4n) is 4.04. The van der Waals surface area contributed by atoms with Gasteiger partial charge in [0.1, 0.15) is 11.5 Å². The van der Waals surface area contributed by atoms with Crippen LogP contribution in [0.25, 0.3) is 11.5 Å². The Balaban J connectivity index is 1.38. The van der Waals surface area contributed by atoms with Crippen molar-refractivity contribution in [1.29, 1.82) is 0 Å². The predicted octanol–water partition coefficient (Wildman–Crippen LogP) is 4.01. The van der Waals surface area contributed by atoms with Gasteiger partial charge in [-0.25, -0.2) is 9.88 Å². The summed E-state index contributed by atoms with van der Waals surface area (Å²) in [5.41, 5.74) is 4.38. The molecule has 162 valence electrons. The van der Waals surface area contributed by atoms with E-state index in [4.69, 9.17) is 4.42 Å². The van der Waals surface area contributed by atoms with Crippen molar-refractivity contribution in [3.05, 3.63) is 71.1 Å². The Labute approximate surface area is 185 Å². The number of fused-ring (bicyclic) bond motifs is 1. The molecule has 2 aliphatic rings. The molecule has 0 bridgehead atoms. The van der Waals surface area contributed by atoms with Crippen molar-refractivity contribution in [1.82, 2.24) is 9.99 Å². The van der Waals surface area contributed by atoms with Crippen LogP contribution < -0.4 is 4.90 Å². The van der Waals surface area contributed by atoms with E-state index in [0.29, 0.717) is 23.0 Å². The lowest BCUT2D eigenvalue weighted by Gasteiger charge is -2.20. The maximum atomic E-state index is 13.2. The lowest BCUT2D eigenvalue weighted by molar-refractivity contribution is -0.123. The highest BCUT2D eigenvalue weighted by molar-refractivity contribution is 6.25. The summed E-state index contributed by atoms with van der Waals surface area (Å²) in [5, 5.41) is 9.75. The van der Waals surface area contributed by atoms with Gasteiger partial charge in [0.15, 0.2) is 12.1 Å². The second-order valence-electron chi connectivity index (χ2n) is 8.11. The van der Waals surface area contributed by atoms with E-state index in [0.717, 1.165) is 23.1 Å². The largest absolute Gasteiger partial charge is 0.441 e. The molecule has 0 saturated carbocycles. The van der Waals surface area contributed by atoms with Gasteiger partial charge >= 0.3 is 0 Å². The monoisotopic (exact) mass is 429 g/mol. The number of rotatable bonds is 5. The third-order valence-electron chi connectivity index (χ3n) is 5.96. The van der Waals surface area contributed by atoms with Crippen molar-refractivity contribution in [3.8, 4) is 11.5 Å². The summed E-state index contributed by atoms with van der Waals surface area (Å²) in [4.78, 5) is 31.9. The van der Waals surface area contributed by atoms with Crippen LogP contribution in [0.15, 0.2) is 63.3 Å². The minimum Gasteiger partial charge on any atom is -0.441 e. The number of anilines is 1. The molecule has 8 nitrogen and oxygen atoms in total. The molecular formula is C24H23N5O3. The van der Waals surface area contributed by atoms with Crippen molar-refractivity contribution in [2.75, 3.05) is 4.90 Å². The molecule has 3 aromatic rings. The van der Waals surface area contributed by atoms with E-state index < -0.39 is 12.1 Å². The molecule has 1 saturated heterocycles. The number of nitrogens with zero attached hydrogens (tertiary/aromatic N) is 5. The topological polar surface area (TPSA) is 91.4 Å². The van der Waals surface area contributed by atoms with Crippen LogP contribution in [0.2, 0.25) is 0 Å². The smallest absolute Gasteiger partial charge is 0.263 e. The molecule has 0 radical (unpaired) electrons. The molecule has 0 N–H and O–H groups in total. The maximum Gasteiger partial charge on any atom is 0.263 e. The van der Waals surface area contributed by atoms with E-state index in [1.165, 1.54) is 9.91 Å². The minimum atomic E-state index is -0.836. The molecule has 2 aromatic carbocycles. The van der Waals surface area contributed by atoms with E-state index in [1.807, 2.05) is 50.2 Å². The summed E-state index contributed by atoms with van der Waals surface area (Å²) in [5.74, 6) is 0.474. The molecule has 32 heavy (non-hydrogen) atoms. The zero-order valence-corrected chi connectivity index (χ0v) is 18.1. The molecule has 0 aliphatic carbocycles. The van der Waals surface area contributed by atoms with Gasteiger partial charge in [-0.05, 0) is 50.1 Å². The standard InChI is InChI=1S/C24H23N5O3/c1-4-16-7-11-18(12-8-16)29-23(30)20-21(24(29)31)28(27-26-20)13-19-15(3)32-22(25-19)17-9-5-14(2)6-10-17/h5-12,20-21H,4,13H2,1-3H3/t20-,21+/m1/s1. The number of carbonyl (C=O) groups excluding carboxylic acids is 2. The van der Waals surface area contributed by atoms with Crippen LogP contribution in [0.4, 0.5) is 5.69 Å².